The maximum atomic E-state index is 3.68. The van der Waals surface area contributed by atoms with E-state index in [1.165, 1.54) is 52.3 Å². The third-order valence-corrected chi connectivity index (χ3v) is 12.8. The van der Waals surface area contributed by atoms with E-state index < -0.39 is 0 Å². The zero-order valence-electron chi connectivity index (χ0n) is 26.8. The Labute approximate surface area is 303 Å². The van der Waals surface area contributed by atoms with Gasteiger partial charge in [0, 0.05) is 59.8 Å². The molecule has 4 nitrogen and oxygen atoms in total. The molecule has 7 heteroatoms. The minimum absolute atomic E-state index is 0.194. The van der Waals surface area contributed by atoms with Crippen molar-refractivity contribution >= 4 is 89.3 Å². The molecule has 1 atom stereocenters. The van der Waals surface area contributed by atoms with Crippen molar-refractivity contribution in [3.63, 3.8) is 0 Å². The summed E-state index contributed by atoms with van der Waals surface area (Å²) in [7, 11) is 0. The number of para-hydroxylation sites is 2. The monoisotopic (exact) mass is 698 g/mol. The summed E-state index contributed by atoms with van der Waals surface area (Å²) in [5.41, 5.74) is 14.0. The first-order chi connectivity index (χ1) is 24.7. The molecule has 0 saturated heterocycles. The summed E-state index contributed by atoms with van der Waals surface area (Å²) in [6, 6.07) is 59.2. The van der Waals surface area contributed by atoms with Gasteiger partial charge in [0.2, 0.25) is 0 Å². The Morgan fingerprint density at radius 1 is 0.540 bits per heavy atom. The largest absolute Gasteiger partial charge is 0.368 e. The Balaban J connectivity index is 0.997. The van der Waals surface area contributed by atoms with Gasteiger partial charge in [-0.25, -0.2) is 4.41 Å². The molecule has 7 aromatic carbocycles. The van der Waals surface area contributed by atoms with Gasteiger partial charge in [-0.2, -0.15) is 0 Å². The van der Waals surface area contributed by atoms with E-state index in [4.69, 9.17) is 0 Å². The van der Waals surface area contributed by atoms with E-state index in [1.807, 2.05) is 23.1 Å². The van der Waals surface area contributed by atoms with Crippen molar-refractivity contribution in [3.05, 3.63) is 169 Å². The van der Waals surface area contributed by atoms with E-state index in [1.54, 1.807) is 11.9 Å². The molecule has 0 bridgehead atoms. The van der Waals surface area contributed by atoms with Crippen LogP contribution in [0.2, 0.25) is 0 Å². The number of nitrogens with one attached hydrogen (secondary N) is 2. The number of nitrogens with zero attached hydrogens (tertiary/aromatic N) is 2. The molecule has 10 rings (SSSR count). The zero-order valence-corrected chi connectivity index (χ0v) is 29.2. The van der Waals surface area contributed by atoms with Crippen molar-refractivity contribution in [1.82, 2.24) is 0 Å². The molecule has 8 aromatic rings. The van der Waals surface area contributed by atoms with Crippen LogP contribution >= 0.6 is 35.0 Å². The molecule has 0 radical (unpaired) electrons. The summed E-state index contributed by atoms with van der Waals surface area (Å²) < 4.78 is 4.79. The Kier molecular flexibility index (Phi) is 7.22. The van der Waals surface area contributed by atoms with E-state index in [2.05, 4.69) is 184 Å². The summed E-state index contributed by atoms with van der Waals surface area (Å²) >= 11 is 5.45. The molecule has 0 fully saturated rings. The highest BCUT2D eigenvalue weighted by molar-refractivity contribution is 8.01. The van der Waals surface area contributed by atoms with Gasteiger partial charge < -0.3 is 10.2 Å². The van der Waals surface area contributed by atoms with E-state index in [9.17, 15) is 0 Å². The van der Waals surface area contributed by atoms with Crippen LogP contribution in [-0.2, 0) is 0 Å². The third kappa shape index (κ3) is 5.17. The fraction of sp³-hybridized carbons (Fsp3) is 0.0233. The number of hydrazine groups is 1. The topological polar surface area (TPSA) is 30.5 Å². The number of hydrogen-bond acceptors (Lipinski definition) is 7. The first kappa shape index (κ1) is 29.6. The fourth-order valence-electron chi connectivity index (χ4n) is 6.87. The zero-order chi connectivity index (χ0) is 33.0. The van der Waals surface area contributed by atoms with Crippen molar-refractivity contribution < 1.29 is 0 Å². The lowest BCUT2D eigenvalue weighted by molar-refractivity contribution is 1.13. The lowest BCUT2D eigenvalue weighted by Gasteiger charge is -2.27. The quantitative estimate of drug-likeness (QED) is 0.168. The highest BCUT2D eigenvalue weighted by Gasteiger charge is 2.24. The number of hydrogen-bond donors (Lipinski definition) is 2. The summed E-state index contributed by atoms with van der Waals surface area (Å²) in [5, 5.41) is 6.52. The van der Waals surface area contributed by atoms with Gasteiger partial charge in [-0.1, -0.05) is 96.7 Å². The molecule has 0 aliphatic carbocycles. The van der Waals surface area contributed by atoms with E-state index >= 15 is 0 Å². The van der Waals surface area contributed by atoms with Crippen LogP contribution in [0, 0.1) is 0 Å². The van der Waals surface area contributed by atoms with E-state index in [0.717, 1.165) is 28.4 Å². The molecule has 2 aliphatic heterocycles. The molecule has 2 N–H and O–H groups in total. The highest BCUT2D eigenvalue weighted by atomic mass is 32.2. The lowest BCUT2D eigenvalue weighted by Crippen LogP contribution is -2.16. The molecule has 1 aromatic heterocycles. The van der Waals surface area contributed by atoms with Gasteiger partial charge in [-0.3, -0.25) is 5.43 Å². The average molecular weight is 699 g/mol. The van der Waals surface area contributed by atoms with Gasteiger partial charge >= 0.3 is 0 Å². The maximum Gasteiger partial charge on any atom is 0.103 e. The summed E-state index contributed by atoms with van der Waals surface area (Å²) in [6.45, 7) is 0. The van der Waals surface area contributed by atoms with Gasteiger partial charge in [0.25, 0.3) is 0 Å². The van der Waals surface area contributed by atoms with Crippen LogP contribution in [0.5, 0.6) is 0 Å². The van der Waals surface area contributed by atoms with Gasteiger partial charge in [-0.05, 0) is 95.6 Å². The van der Waals surface area contributed by atoms with Crippen molar-refractivity contribution in [1.29, 1.82) is 0 Å². The first-order valence-electron chi connectivity index (χ1n) is 16.6. The van der Waals surface area contributed by atoms with E-state index in [0.29, 0.717) is 0 Å². The van der Waals surface area contributed by atoms with Crippen LogP contribution in [0.25, 0.3) is 31.3 Å². The second-order valence-corrected chi connectivity index (χ2v) is 15.6. The Bertz CT molecular complexity index is 2360. The predicted octanol–water partition coefficient (Wildman–Crippen LogP) is 13.3. The summed E-state index contributed by atoms with van der Waals surface area (Å²) in [6.07, 6.45) is 0. The number of benzene rings is 7. The second kappa shape index (κ2) is 12.2. The number of thiophene rings is 1. The van der Waals surface area contributed by atoms with Crippen LogP contribution < -0.4 is 20.1 Å². The molecule has 1 unspecified atom stereocenters. The van der Waals surface area contributed by atoms with Crippen LogP contribution in [0.1, 0.15) is 10.9 Å². The molecule has 50 heavy (non-hydrogen) atoms. The SMILES string of the molecule is c1ccc2c(c1)NC(c1ccc(N(c3ccc(-c4cccc5c4sc4ccccc45)cc3)c3ccc(N4Nc5ccccc5S4)cc3)cc1)S2. The van der Waals surface area contributed by atoms with Crippen LogP contribution in [0.15, 0.2) is 174 Å². The second-order valence-electron chi connectivity index (χ2n) is 12.4. The molecule has 0 amide bonds. The smallest absolute Gasteiger partial charge is 0.103 e. The van der Waals surface area contributed by atoms with Crippen LogP contribution in [0.3, 0.4) is 0 Å². The number of rotatable bonds is 6. The lowest BCUT2D eigenvalue weighted by atomic mass is 10.0. The minimum atomic E-state index is 0.194. The third-order valence-electron chi connectivity index (χ3n) is 9.35. The van der Waals surface area contributed by atoms with Crippen molar-refractivity contribution in [2.45, 2.75) is 15.2 Å². The summed E-state index contributed by atoms with van der Waals surface area (Å²) in [5.74, 6) is 0. The molecule has 240 valence electrons. The Morgan fingerprint density at radius 3 is 1.94 bits per heavy atom. The Morgan fingerprint density at radius 2 is 1.18 bits per heavy atom. The normalized spacial score (nSPS) is 14.7. The van der Waals surface area contributed by atoms with Crippen molar-refractivity contribution in [2.24, 2.45) is 0 Å². The Hall–Kier alpha value is -5.34. The predicted molar refractivity (Wildman–Crippen MR) is 217 cm³/mol. The molecular weight excluding hydrogens is 669 g/mol. The van der Waals surface area contributed by atoms with Gasteiger partial charge in [-0.15, -0.1) is 11.3 Å². The van der Waals surface area contributed by atoms with Crippen LogP contribution in [-0.4, -0.2) is 0 Å². The van der Waals surface area contributed by atoms with E-state index in [-0.39, 0.29) is 5.37 Å². The summed E-state index contributed by atoms with van der Waals surface area (Å²) in [4.78, 5) is 4.87. The molecule has 0 spiro atoms. The number of fused-ring (bicyclic) bond motifs is 5. The van der Waals surface area contributed by atoms with Gasteiger partial charge in [0.05, 0.1) is 16.3 Å². The molecular formula is C43H30N4S3. The van der Waals surface area contributed by atoms with Crippen molar-refractivity contribution in [3.8, 4) is 11.1 Å². The molecule has 3 heterocycles. The number of anilines is 6. The average Bonchev–Trinajstić information content (AvgIpc) is 3.91. The maximum absolute atomic E-state index is 3.68. The fourth-order valence-corrected chi connectivity index (χ4v) is 10.2. The standard InChI is InChI=1S/C43H30N4S3/c1-4-13-39-35(8-1)36-10-7-9-34(42(36)48-39)28-16-20-30(21-17-28)46(31-22-18-29(19-23-31)43-44-37-11-2-5-14-40(37)49-43)32-24-26-33(27-25-32)47-45-38-12-3-6-15-41(38)50-47/h1-27,43-45H. The van der Waals surface area contributed by atoms with Crippen molar-refractivity contribution in [2.75, 3.05) is 20.1 Å². The first-order valence-corrected chi connectivity index (χ1v) is 19.1. The number of thioether (sulfide) groups is 1. The minimum Gasteiger partial charge on any atom is -0.368 e. The highest BCUT2D eigenvalue weighted by Crippen LogP contribution is 2.47. The molecule has 2 aliphatic rings. The molecule has 0 saturated carbocycles. The van der Waals surface area contributed by atoms with Gasteiger partial charge in [0.15, 0.2) is 0 Å². The van der Waals surface area contributed by atoms with Gasteiger partial charge in [0.1, 0.15) is 5.37 Å². The van der Waals surface area contributed by atoms with Crippen LogP contribution in [0.4, 0.5) is 34.1 Å².